The lowest BCUT2D eigenvalue weighted by Crippen LogP contribution is -1.97. The number of hydrogen-bond acceptors (Lipinski definition) is 2. The number of alkyl halides is 1. The van der Waals surface area contributed by atoms with Crippen molar-refractivity contribution in [2.24, 2.45) is 0 Å². The van der Waals surface area contributed by atoms with Crippen LogP contribution in [0, 0.1) is 0 Å². The monoisotopic (exact) mass is 296 g/mol. The molecular weight excluding hydrogens is 283 g/mol. The highest BCUT2D eigenvalue weighted by Crippen LogP contribution is 2.43. The molecule has 2 aromatic rings. The van der Waals surface area contributed by atoms with E-state index in [1.807, 2.05) is 24.3 Å². The van der Waals surface area contributed by atoms with Crippen LogP contribution >= 0.6 is 23.2 Å². The van der Waals surface area contributed by atoms with Crippen LogP contribution in [-0.2, 0) is 5.88 Å². The smallest absolute Gasteiger partial charge is 0.137 e. The Morgan fingerprint density at radius 2 is 2.21 bits per heavy atom. The van der Waals surface area contributed by atoms with Crippen LogP contribution in [0.2, 0.25) is 5.15 Å². The third-order valence-corrected chi connectivity index (χ3v) is 4.00. The van der Waals surface area contributed by atoms with E-state index in [0.29, 0.717) is 17.0 Å². The Bertz CT molecular complexity index is 605. The number of rotatable bonds is 4. The fraction of sp³-hybridized carbons (Fsp3) is 0.357. The largest absolute Gasteiger partial charge is 0.497 e. The van der Waals surface area contributed by atoms with Gasteiger partial charge in [0.05, 0.1) is 24.4 Å². The third-order valence-electron chi connectivity index (χ3n) is 3.35. The lowest BCUT2D eigenvalue weighted by Gasteiger charge is -2.05. The Labute approximate surface area is 122 Å². The molecule has 1 aromatic carbocycles. The summed E-state index contributed by atoms with van der Waals surface area (Å²) in [4.78, 5) is 0. The zero-order valence-corrected chi connectivity index (χ0v) is 12.1. The van der Waals surface area contributed by atoms with Crippen molar-refractivity contribution in [3.8, 4) is 11.4 Å². The maximum Gasteiger partial charge on any atom is 0.137 e. The van der Waals surface area contributed by atoms with Gasteiger partial charge in [0.1, 0.15) is 10.9 Å². The lowest BCUT2D eigenvalue weighted by molar-refractivity contribution is 0.414. The van der Waals surface area contributed by atoms with Crippen molar-refractivity contribution in [3.63, 3.8) is 0 Å². The molecule has 1 aromatic heterocycles. The second-order valence-electron chi connectivity index (χ2n) is 4.68. The molecule has 1 fully saturated rings. The summed E-state index contributed by atoms with van der Waals surface area (Å²) in [7, 11) is 1.64. The van der Waals surface area contributed by atoms with E-state index in [-0.39, 0.29) is 0 Å². The standard InChI is InChI=1S/C14H14Cl2N2O/c1-19-11-4-2-3-10(7-11)18-14(16)12(8-15)13(17-18)9-5-6-9/h2-4,7,9H,5-6,8H2,1H3. The van der Waals surface area contributed by atoms with Gasteiger partial charge in [-0.1, -0.05) is 17.7 Å². The van der Waals surface area contributed by atoms with Gasteiger partial charge in [-0.25, -0.2) is 4.68 Å². The molecule has 0 bridgehead atoms. The molecule has 1 saturated carbocycles. The van der Waals surface area contributed by atoms with Crippen LogP contribution in [0.3, 0.4) is 0 Å². The Balaban J connectivity index is 2.08. The van der Waals surface area contributed by atoms with Gasteiger partial charge in [0.25, 0.3) is 0 Å². The minimum atomic E-state index is 0.397. The van der Waals surface area contributed by atoms with Crippen LogP contribution in [0.25, 0.3) is 5.69 Å². The van der Waals surface area contributed by atoms with E-state index in [1.165, 1.54) is 12.8 Å². The maximum absolute atomic E-state index is 6.41. The molecule has 3 rings (SSSR count). The summed E-state index contributed by atoms with van der Waals surface area (Å²) in [6.45, 7) is 0. The topological polar surface area (TPSA) is 27.1 Å². The van der Waals surface area contributed by atoms with Crippen LogP contribution in [0.1, 0.15) is 30.0 Å². The molecule has 3 nitrogen and oxygen atoms in total. The minimum absolute atomic E-state index is 0.397. The van der Waals surface area contributed by atoms with Crippen LogP contribution < -0.4 is 4.74 Å². The van der Waals surface area contributed by atoms with Gasteiger partial charge >= 0.3 is 0 Å². The number of hydrogen-bond donors (Lipinski definition) is 0. The van der Waals surface area contributed by atoms with Crippen LogP contribution in [0.15, 0.2) is 24.3 Å². The quantitative estimate of drug-likeness (QED) is 0.793. The predicted molar refractivity (Wildman–Crippen MR) is 76.7 cm³/mol. The normalized spacial score (nSPS) is 14.7. The molecule has 0 N–H and O–H groups in total. The first kappa shape index (κ1) is 12.8. The van der Waals surface area contributed by atoms with Crippen molar-refractivity contribution in [1.29, 1.82) is 0 Å². The highest BCUT2D eigenvalue weighted by Gasteiger charge is 2.31. The average Bonchev–Trinajstić information content (AvgIpc) is 3.23. The van der Waals surface area contributed by atoms with Gasteiger partial charge in [-0.15, -0.1) is 11.6 Å². The molecule has 0 atom stereocenters. The first-order valence-electron chi connectivity index (χ1n) is 6.22. The van der Waals surface area contributed by atoms with E-state index in [0.717, 1.165) is 22.7 Å². The van der Waals surface area contributed by atoms with Gasteiger partial charge in [-0.05, 0) is 25.0 Å². The summed E-state index contributed by atoms with van der Waals surface area (Å²) in [5, 5.41) is 5.23. The lowest BCUT2D eigenvalue weighted by atomic mass is 10.2. The fourth-order valence-electron chi connectivity index (χ4n) is 2.17. The first-order chi connectivity index (χ1) is 9.24. The molecule has 1 aliphatic rings. The van der Waals surface area contributed by atoms with Gasteiger partial charge in [0.2, 0.25) is 0 Å². The van der Waals surface area contributed by atoms with Crippen LogP contribution in [-0.4, -0.2) is 16.9 Å². The predicted octanol–water partition coefficient (Wildman–Crippen LogP) is 4.15. The van der Waals surface area contributed by atoms with Gasteiger partial charge in [0.15, 0.2) is 0 Å². The first-order valence-corrected chi connectivity index (χ1v) is 7.13. The average molecular weight is 297 g/mol. The summed E-state index contributed by atoms with van der Waals surface area (Å²) in [6, 6.07) is 7.68. The van der Waals surface area contributed by atoms with E-state index in [9.17, 15) is 0 Å². The van der Waals surface area contributed by atoms with E-state index >= 15 is 0 Å². The summed E-state index contributed by atoms with van der Waals surface area (Å²) >= 11 is 12.4. The molecule has 0 spiro atoms. The number of halogens is 2. The highest BCUT2D eigenvalue weighted by atomic mass is 35.5. The van der Waals surface area contributed by atoms with E-state index in [2.05, 4.69) is 5.10 Å². The summed E-state index contributed by atoms with van der Waals surface area (Å²) in [5.74, 6) is 1.71. The van der Waals surface area contributed by atoms with Gasteiger partial charge in [-0.3, -0.25) is 0 Å². The van der Waals surface area contributed by atoms with Gasteiger partial charge < -0.3 is 4.74 Å². The van der Waals surface area contributed by atoms with Crippen molar-refractivity contribution >= 4 is 23.2 Å². The molecule has 0 radical (unpaired) electrons. The minimum Gasteiger partial charge on any atom is -0.497 e. The molecule has 0 aliphatic heterocycles. The van der Waals surface area contributed by atoms with Crippen molar-refractivity contribution in [2.75, 3.05) is 7.11 Å². The Kier molecular flexibility index (Phi) is 3.42. The van der Waals surface area contributed by atoms with E-state index < -0.39 is 0 Å². The molecule has 1 heterocycles. The number of aromatic nitrogens is 2. The zero-order valence-electron chi connectivity index (χ0n) is 10.6. The highest BCUT2D eigenvalue weighted by molar-refractivity contribution is 6.31. The summed E-state index contributed by atoms with van der Waals surface area (Å²) in [5.41, 5.74) is 2.89. The molecule has 100 valence electrons. The molecule has 0 amide bonds. The second-order valence-corrected chi connectivity index (χ2v) is 5.30. The fourth-order valence-corrected chi connectivity index (χ4v) is 2.80. The summed E-state index contributed by atoms with van der Waals surface area (Å²) < 4.78 is 6.97. The SMILES string of the molecule is COc1cccc(-n2nc(C3CC3)c(CCl)c2Cl)c1. The number of ether oxygens (including phenoxy) is 1. The molecule has 19 heavy (non-hydrogen) atoms. The molecule has 0 unspecified atom stereocenters. The number of methoxy groups -OCH3 is 1. The Hall–Kier alpha value is -1.19. The Morgan fingerprint density at radius 1 is 1.42 bits per heavy atom. The molecular formula is C14H14Cl2N2O. The van der Waals surface area contributed by atoms with E-state index in [4.69, 9.17) is 27.9 Å². The summed E-state index contributed by atoms with van der Waals surface area (Å²) in [6.07, 6.45) is 2.35. The van der Waals surface area contributed by atoms with Crippen molar-refractivity contribution in [3.05, 3.63) is 40.7 Å². The van der Waals surface area contributed by atoms with E-state index in [1.54, 1.807) is 11.8 Å². The number of benzene rings is 1. The van der Waals surface area contributed by atoms with Crippen LogP contribution in [0.5, 0.6) is 5.75 Å². The van der Waals surface area contributed by atoms with Crippen LogP contribution in [0.4, 0.5) is 0 Å². The van der Waals surface area contributed by atoms with Crippen molar-refractivity contribution in [2.45, 2.75) is 24.6 Å². The van der Waals surface area contributed by atoms with Crippen molar-refractivity contribution in [1.82, 2.24) is 9.78 Å². The zero-order chi connectivity index (χ0) is 13.4. The molecule has 0 saturated heterocycles. The van der Waals surface area contributed by atoms with Gasteiger partial charge in [0, 0.05) is 17.5 Å². The Morgan fingerprint density at radius 3 is 2.84 bits per heavy atom. The molecule has 5 heteroatoms. The van der Waals surface area contributed by atoms with Crippen molar-refractivity contribution < 1.29 is 4.74 Å². The molecule has 1 aliphatic carbocycles. The number of nitrogens with zero attached hydrogens (tertiary/aromatic N) is 2. The maximum atomic E-state index is 6.41. The second kappa shape index (κ2) is 5.06. The van der Waals surface area contributed by atoms with Gasteiger partial charge in [-0.2, -0.15) is 5.10 Å². The third kappa shape index (κ3) is 2.33.